The Hall–Kier alpha value is -2.67. The summed E-state index contributed by atoms with van der Waals surface area (Å²) in [5.41, 5.74) is 0.786. The van der Waals surface area contributed by atoms with Crippen molar-refractivity contribution in [3.63, 3.8) is 0 Å². The number of carboxylic acid groups (broad SMARTS) is 1. The molecule has 2 aromatic rings. The number of carbonyl (C=O) groups is 1. The highest BCUT2D eigenvalue weighted by Gasteiger charge is 2.18. The highest BCUT2D eigenvalue weighted by atomic mass is 19.2. The van der Waals surface area contributed by atoms with E-state index in [2.05, 4.69) is 0 Å². The molecule has 24 heavy (non-hydrogen) atoms. The van der Waals surface area contributed by atoms with Gasteiger partial charge in [-0.3, -0.25) is 0 Å². The minimum atomic E-state index is -1.18. The van der Waals surface area contributed by atoms with Crippen molar-refractivity contribution < 1.29 is 28.5 Å². The molecule has 0 saturated carbocycles. The van der Waals surface area contributed by atoms with Crippen LogP contribution in [0.3, 0.4) is 0 Å². The first-order valence-electron chi connectivity index (χ1n) is 7.23. The van der Waals surface area contributed by atoms with Gasteiger partial charge in [-0.2, -0.15) is 0 Å². The van der Waals surface area contributed by atoms with E-state index in [1.54, 1.807) is 24.3 Å². The van der Waals surface area contributed by atoms with Gasteiger partial charge in [0.2, 0.25) is 0 Å². The van der Waals surface area contributed by atoms with Crippen molar-refractivity contribution in [2.75, 3.05) is 13.2 Å². The molecule has 2 rings (SSSR count). The molecule has 1 amide bonds. The van der Waals surface area contributed by atoms with Crippen LogP contribution in [0.4, 0.5) is 13.6 Å². The predicted molar refractivity (Wildman–Crippen MR) is 82.7 cm³/mol. The van der Waals surface area contributed by atoms with E-state index in [0.29, 0.717) is 0 Å². The Balaban J connectivity index is 1.89. The van der Waals surface area contributed by atoms with Crippen molar-refractivity contribution >= 4 is 6.09 Å². The third-order valence-corrected chi connectivity index (χ3v) is 3.25. The average Bonchev–Trinajstić information content (AvgIpc) is 2.56. The molecule has 0 aromatic heterocycles. The first kappa shape index (κ1) is 17.7. The highest BCUT2D eigenvalue weighted by molar-refractivity contribution is 5.65. The molecule has 2 aromatic carbocycles. The van der Waals surface area contributed by atoms with E-state index in [1.165, 1.54) is 6.07 Å². The van der Waals surface area contributed by atoms with Gasteiger partial charge in [0.25, 0.3) is 0 Å². The minimum Gasteiger partial charge on any atom is -0.491 e. The molecular formula is C17H17F2NO4. The number of hydrogen-bond donors (Lipinski definition) is 2. The molecule has 1 atom stereocenters. The Morgan fingerprint density at radius 1 is 1.12 bits per heavy atom. The monoisotopic (exact) mass is 337 g/mol. The lowest BCUT2D eigenvalue weighted by atomic mass is 10.2. The first-order chi connectivity index (χ1) is 11.5. The van der Waals surface area contributed by atoms with Crippen molar-refractivity contribution in [1.29, 1.82) is 0 Å². The Kier molecular flexibility index (Phi) is 6.08. The summed E-state index contributed by atoms with van der Waals surface area (Å²) in [6.45, 7) is -0.296. The molecule has 5 nitrogen and oxygen atoms in total. The number of nitrogens with zero attached hydrogens (tertiary/aromatic N) is 1. The molecule has 1 unspecified atom stereocenters. The second-order valence-corrected chi connectivity index (χ2v) is 5.19. The smallest absolute Gasteiger partial charge is 0.407 e. The van der Waals surface area contributed by atoms with Crippen LogP contribution in [0.25, 0.3) is 0 Å². The number of ether oxygens (including phenoxy) is 1. The highest BCUT2D eigenvalue weighted by Crippen LogP contribution is 2.15. The van der Waals surface area contributed by atoms with Gasteiger partial charge in [0, 0.05) is 12.6 Å². The first-order valence-corrected chi connectivity index (χ1v) is 7.23. The Labute approximate surface area is 137 Å². The molecule has 128 valence electrons. The summed E-state index contributed by atoms with van der Waals surface area (Å²) in [5.74, 6) is -2.00. The zero-order chi connectivity index (χ0) is 17.5. The summed E-state index contributed by atoms with van der Waals surface area (Å²) in [6.07, 6.45) is -2.29. The fourth-order valence-electron chi connectivity index (χ4n) is 2.08. The van der Waals surface area contributed by atoms with Crippen molar-refractivity contribution in [2.24, 2.45) is 0 Å². The molecule has 0 saturated heterocycles. The average molecular weight is 337 g/mol. The van der Waals surface area contributed by atoms with Gasteiger partial charge in [-0.1, -0.05) is 30.3 Å². The molecule has 0 aliphatic rings. The predicted octanol–water partition coefficient (Wildman–Crippen LogP) is 2.88. The second kappa shape index (κ2) is 8.26. The SMILES string of the molecule is O=C(O)N(Cc1ccccc1)CC(O)COc1ccc(F)c(F)c1. The van der Waals surface area contributed by atoms with Crippen molar-refractivity contribution in [3.05, 3.63) is 65.7 Å². The lowest BCUT2D eigenvalue weighted by Crippen LogP contribution is -2.38. The number of hydrogen-bond acceptors (Lipinski definition) is 3. The summed E-state index contributed by atoms with van der Waals surface area (Å²) in [6, 6.07) is 12.0. The van der Waals surface area contributed by atoms with E-state index < -0.39 is 23.8 Å². The molecule has 2 N–H and O–H groups in total. The van der Waals surface area contributed by atoms with Crippen molar-refractivity contribution in [1.82, 2.24) is 4.90 Å². The zero-order valence-corrected chi connectivity index (χ0v) is 12.7. The molecule has 7 heteroatoms. The van der Waals surface area contributed by atoms with Crippen LogP contribution >= 0.6 is 0 Å². The van der Waals surface area contributed by atoms with Gasteiger partial charge in [-0.15, -0.1) is 0 Å². The van der Waals surface area contributed by atoms with Crippen LogP contribution in [0.2, 0.25) is 0 Å². The quantitative estimate of drug-likeness (QED) is 0.815. The van der Waals surface area contributed by atoms with E-state index in [9.17, 15) is 23.8 Å². The van der Waals surface area contributed by atoms with E-state index in [1.807, 2.05) is 6.07 Å². The summed E-state index contributed by atoms with van der Waals surface area (Å²) in [5, 5.41) is 19.2. The van der Waals surface area contributed by atoms with E-state index in [4.69, 9.17) is 4.74 Å². The normalized spacial score (nSPS) is 11.8. The molecular weight excluding hydrogens is 320 g/mol. The summed E-state index contributed by atoms with van der Waals surface area (Å²) >= 11 is 0. The lowest BCUT2D eigenvalue weighted by Gasteiger charge is -2.22. The minimum absolute atomic E-state index is 0.0536. The van der Waals surface area contributed by atoms with Crippen molar-refractivity contribution in [2.45, 2.75) is 12.6 Å². The number of aliphatic hydroxyl groups excluding tert-OH is 1. The second-order valence-electron chi connectivity index (χ2n) is 5.19. The Morgan fingerprint density at radius 2 is 1.83 bits per heavy atom. The van der Waals surface area contributed by atoms with Crippen LogP contribution < -0.4 is 4.74 Å². The maximum atomic E-state index is 13.1. The molecule has 0 radical (unpaired) electrons. The number of halogens is 2. The van der Waals surface area contributed by atoms with Gasteiger partial charge < -0.3 is 19.8 Å². The molecule has 0 heterocycles. The van der Waals surface area contributed by atoms with E-state index >= 15 is 0 Å². The van der Waals surface area contributed by atoms with Crippen LogP contribution in [0.1, 0.15) is 5.56 Å². The van der Waals surface area contributed by atoms with Crippen LogP contribution in [-0.2, 0) is 6.54 Å². The Morgan fingerprint density at radius 3 is 2.46 bits per heavy atom. The number of amides is 1. The van der Waals surface area contributed by atoms with Gasteiger partial charge in [-0.25, -0.2) is 13.6 Å². The molecule has 0 aliphatic carbocycles. The summed E-state index contributed by atoms with van der Waals surface area (Å²) < 4.78 is 31.0. The fourth-order valence-corrected chi connectivity index (χ4v) is 2.08. The third kappa shape index (κ3) is 5.20. The fraction of sp³-hybridized carbons (Fsp3) is 0.235. The third-order valence-electron chi connectivity index (χ3n) is 3.25. The van der Waals surface area contributed by atoms with Crippen LogP contribution in [0.15, 0.2) is 48.5 Å². The molecule has 0 aliphatic heterocycles. The number of aliphatic hydroxyl groups is 1. The number of benzene rings is 2. The largest absolute Gasteiger partial charge is 0.491 e. The molecule has 0 fully saturated rings. The van der Waals surface area contributed by atoms with Gasteiger partial charge >= 0.3 is 6.09 Å². The van der Waals surface area contributed by atoms with Gasteiger partial charge in [0.15, 0.2) is 11.6 Å². The maximum absolute atomic E-state index is 13.1. The van der Waals surface area contributed by atoms with Crippen molar-refractivity contribution in [3.8, 4) is 5.75 Å². The summed E-state index contributed by atoms with van der Waals surface area (Å²) in [7, 11) is 0. The maximum Gasteiger partial charge on any atom is 0.407 e. The van der Waals surface area contributed by atoms with Crippen LogP contribution in [0, 0.1) is 11.6 Å². The molecule has 0 bridgehead atoms. The molecule has 0 spiro atoms. The van der Waals surface area contributed by atoms with E-state index in [0.717, 1.165) is 22.6 Å². The van der Waals surface area contributed by atoms with Gasteiger partial charge in [0.1, 0.15) is 18.5 Å². The summed E-state index contributed by atoms with van der Waals surface area (Å²) in [4.78, 5) is 12.3. The number of rotatable bonds is 7. The van der Waals surface area contributed by atoms with Gasteiger partial charge in [0.05, 0.1) is 6.54 Å². The topological polar surface area (TPSA) is 70.0 Å². The lowest BCUT2D eigenvalue weighted by molar-refractivity contribution is 0.0627. The Bertz CT molecular complexity index is 682. The van der Waals surface area contributed by atoms with Gasteiger partial charge in [-0.05, 0) is 17.7 Å². The van der Waals surface area contributed by atoms with Crippen LogP contribution in [0.5, 0.6) is 5.75 Å². The van der Waals surface area contributed by atoms with E-state index in [-0.39, 0.29) is 25.4 Å². The standard InChI is InChI=1S/C17H17F2NO4/c18-15-7-6-14(8-16(15)19)24-11-13(21)10-20(17(22)23)9-12-4-2-1-3-5-12/h1-8,13,21H,9-11H2,(H,22,23). The zero-order valence-electron chi connectivity index (χ0n) is 12.7. The van der Waals surface area contributed by atoms with Crippen LogP contribution in [-0.4, -0.2) is 40.5 Å².